The van der Waals surface area contributed by atoms with Crippen molar-refractivity contribution < 1.29 is 4.39 Å². The van der Waals surface area contributed by atoms with Gasteiger partial charge in [0.25, 0.3) is 0 Å². The van der Waals surface area contributed by atoms with Gasteiger partial charge in [-0.3, -0.25) is 0 Å². The second-order valence-corrected chi connectivity index (χ2v) is 5.33. The molecule has 0 aliphatic rings. The van der Waals surface area contributed by atoms with Gasteiger partial charge in [0.2, 0.25) is 0 Å². The molecule has 0 fully saturated rings. The number of rotatable bonds is 5. The van der Waals surface area contributed by atoms with Crippen LogP contribution in [-0.2, 0) is 0 Å². The molecule has 0 aliphatic heterocycles. The second kappa shape index (κ2) is 6.12. The maximum absolute atomic E-state index is 13.4. The largest absolute Gasteiger partial charge is 0.310 e. The fraction of sp³-hybridized carbons (Fsp3) is 0.333. The molecule has 1 aromatic heterocycles. The number of thiophene rings is 1. The van der Waals surface area contributed by atoms with Crippen molar-refractivity contribution in [3.63, 3.8) is 0 Å². The highest BCUT2D eigenvalue weighted by Gasteiger charge is 2.13. The Bertz CT molecular complexity index is 493. The average Bonchev–Trinajstić information content (AvgIpc) is 2.89. The van der Waals surface area contributed by atoms with Crippen LogP contribution < -0.4 is 5.32 Å². The van der Waals surface area contributed by atoms with Crippen LogP contribution in [0.1, 0.15) is 31.9 Å². The topological polar surface area (TPSA) is 12.0 Å². The van der Waals surface area contributed by atoms with E-state index in [1.165, 1.54) is 6.07 Å². The minimum atomic E-state index is -0.176. The first-order valence-corrected chi connectivity index (χ1v) is 7.17. The van der Waals surface area contributed by atoms with E-state index in [0.717, 1.165) is 29.0 Å². The van der Waals surface area contributed by atoms with E-state index in [1.807, 2.05) is 23.6 Å². The molecule has 0 radical (unpaired) electrons. The Balaban J connectivity index is 2.35. The third kappa shape index (κ3) is 2.98. The van der Waals surface area contributed by atoms with Crippen molar-refractivity contribution in [2.45, 2.75) is 26.3 Å². The van der Waals surface area contributed by atoms with Gasteiger partial charge in [-0.1, -0.05) is 19.1 Å². The summed E-state index contributed by atoms with van der Waals surface area (Å²) in [6.07, 6.45) is 1.10. The SMILES string of the molecule is CCCNC(C)c1ccc(F)cc1-c1cccs1. The van der Waals surface area contributed by atoms with Crippen LogP contribution in [0.4, 0.5) is 4.39 Å². The van der Waals surface area contributed by atoms with Crippen molar-refractivity contribution in [3.8, 4) is 10.4 Å². The van der Waals surface area contributed by atoms with Gasteiger partial charge in [0.05, 0.1) is 0 Å². The average molecular weight is 263 g/mol. The molecule has 1 aromatic carbocycles. The highest BCUT2D eigenvalue weighted by atomic mass is 32.1. The van der Waals surface area contributed by atoms with Crippen LogP contribution in [0.25, 0.3) is 10.4 Å². The molecule has 1 unspecified atom stereocenters. The summed E-state index contributed by atoms with van der Waals surface area (Å²) in [5, 5.41) is 5.47. The van der Waals surface area contributed by atoms with Crippen molar-refractivity contribution >= 4 is 11.3 Å². The molecule has 1 N–H and O–H groups in total. The summed E-state index contributed by atoms with van der Waals surface area (Å²) in [6.45, 7) is 5.24. The standard InChI is InChI=1S/C15H18FNS/c1-3-8-17-11(2)13-7-6-12(16)10-14(13)15-5-4-9-18-15/h4-7,9-11,17H,3,8H2,1-2H3. The maximum Gasteiger partial charge on any atom is 0.123 e. The van der Waals surface area contributed by atoms with Crippen LogP contribution in [0, 0.1) is 5.82 Å². The summed E-state index contributed by atoms with van der Waals surface area (Å²) in [6, 6.07) is 9.33. The van der Waals surface area contributed by atoms with E-state index in [-0.39, 0.29) is 11.9 Å². The van der Waals surface area contributed by atoms with E-state index in [4.69, 9.17) is 0 Å². The maximum atomic E-state index is 13.4. The molecule has 0 spiro atoms. The van der Waals surface area contributed by atoms with E-state index in [2.05, 4.69) is 19.2 Å². The highest BCUT2D eigenvalue weighted by molar-refractivity contribution is 7.13. The van der Waals surface area contributed by atoms with Gasteiger partial charge in [-0.15, -0.1) is 11.3 Å². The predicted octanol–water partition coefficient (Wildman–Crippen LogP) is 4.61. The van der Waals surface area contributed by atoms with Gasteiger partial charge in [-0.25, -0.2) is 4.39 Å². The summed E-state index contributed by atoms with van der Waals surface area (Å²) in [5.41, 5.74) is 2.16. The zero-order chi connectivity index (χ0) is 13.0. The molecule has 0 bridgehead atoms. The lowest BCUT2D eigenvalue weighted by Crippen LogP contribution is -2.19. The van der Waals surface area contributed by atoms with Crippen LogP contribution in [0.5, 0.6) is 0 Å². The molecule has 1 nitrogen and oxygen atoms in total. The molecule has 0 aliphatic carbocycles. The molecule has 96 valence electrons. The van der Waals surface area contributed by atoms with Crippen LogP contribution in [-0.4, -0.2) is 6.54 Å². The fourth-order valence-electron chi connectivity index (χ4n) is 2.02. The Hall–Kier alpha value is -1.19. The summed E-state index contributed by atoms with van der Waals surface area (Å²) in [7, 11) is 0. The predicted molar refractivity (Wildman–Crippen MR) is 76.4 cm³/mol. The van der Waals surface area contributed by atoms with E-state index in [1.54, 1.807) is 17.4 Å². The fourth-order valence-corrected chi connectivity index (χ4v) is 2.79. The summed E-state index contributed by atoms with van der Waals surface area (Å²) in [4.78, 5) is 1.12. The first-order valence-electron chi connectivity index (χ1n) is 6.29. The second-order valence-electron chi connectivity index (χ2n) is 4.38. The Morgan fingerprint density at radius 3 is 2.83 bits per heavy atom. The minimum absolute atomic E-state index is 0.176. The van der Waals surface area contributed by atoms with Gasteiger partial charge in [-0.05, 0) is 54.6 Å². The van der Waals surface area contributed by atoms with Crippen LogP contribution >= 0.6 is 11.3 Å². The molecule has 0 saturated carbocycles. The number of halogens is 1. The van der Waals surface area contributed by atoms with Gasteiger partial charge >= 0.3 is 0 Å². The molecule has 0 saturated heterocycles. The Labute approximate surface area is 112 Å². The van der Waals surface area contributed by atoms with Crippen LogP contribution in [0.3, 0.4) is 0 Å². The third-order valence-corrected chi connectivity index (χ3v) is 3.87. The van der Waals surface area contributed by atoms with Gasteiger partial charge < -0.3 is 5.32 Å². The number of nitrogens with one attached hydrogen (secondary N) is 1. The number of hydrogen-bond acceptors (Lipinski definition) is 2. The number of benzene rings is 1. The van der Waals surface area contributed by atoms with Crippen molar-refractivity contribution in [2.24, 2.45) is 0 Å². The molecule has 18 heavy (non-hydrogen) atoms. The van der Waals surface area contributed by atoms with E-state index >= 15 is 0 Å². The first kappa shape index (κ1) is 13.2. The van der Waals surface area contributed by atoms with Crippen molar-refractivity contribution in [1.29, 1.82) is 0 Å². The Morgan fingerprint density at radius 1 is 1.33 bits per heavy atom. The van der Waals surface area contributed by atoms with Crippen molar-refractivity contribution in [2.75, 3.05) is 6.54 Å². The van der Waals surface area contributed by atoms with Crippen molar-refractivity contribution in [1.82, 2.24) is 5.32 Å². The first-order chi connectivity index (χ1) is 8.72. The molecular weight excluding hydrogens is 245 g/mol. The lowest BCUT2D eigenvalue weighted by atomic mass is 10.00. The molecule has 2 aromatic rings. The Morgan fingerprint density at radius 2 is 2.17 bits per heavy atom. The number of hydrogen-bond donors (Lipinski definition) is 1. The van der Waals surface area contributed by atoms with Crippen LogP contribution in [0.2, 0.25) is 0 Å². The van der Waals surface area contributed by atoms with Gasteiger partial charge in [0, 0.05) is 10.9 Å². The molecule has 3 heteroatoms. The summed E-state index contributed by atoms with van der Waals surface area (Å²) in [5.74, 6) is -0.176. The normalized spacial score (nSPS) is 12.6. The minimum Gasteiger partial charge on any atom is -0.310 e. The Kier molecular flexibility index (Phi) is 4.50. The lowest BCUT2D eigenvalue weighted by molar-refractivity contribution is 0.569. The zero-order valence-corrected chi connectivity index (χ0v) is 11.6. The van der Waals surface area contributed by atoms with E-state index in [9.17, 15) is 4.39 Å². The van der Waals surface area contributed by atoms with E-state index in [0.29, 0.717) is 0 Å². The van der Waals surface area contributed by atoms with Gasteiger partial charge in [-0.2, -0.15) is 0 Å². The summed E-state index contributed by atoms with van der Waals surface area (Å²) < 4.78 is 13.4. The van der Waals surface area contributed by atoms with Gasteiger partial charge in [0.15, 0.2) is 0 Å². The van der Waals surface area contributed by atoms with E-state index < -0.39 is 0 Å². The molecule has 1 heterocycles. The monoisotopic (exact) mass is 263 g/mol. The summed E-state index contributed by atoms with van der Waals surface area (Å²) >= 11 is 1.65. The quantitative estimate of drug-likeness (QED) is 0.830. The van der Waals surface area contributed by atoms with Crippen LogP contribution in [0.15, 0.2) is 35.7 Å². The smallest absolute Gasteiger partial charge is 0.123 e. The highest BCUT2D eigenvalue weighted by Crippen LogP contribution is 2.32. The lowest BCUT2D eigenvalue weighted by Gasteiger charge is -2.17. The molecule has 1 atom stereocenters. The molecule has 2 rings (SSSR count). The molecule has 0 amide bonds. The third-order valence-electron chi connectivity index (χ3n) is 2.97. The zero-order valence-electron chi connectivity index (χ0n) is 10.7. The molecular formula is C15H18FNS. The van der Waals surface area contributed by atoms with Crippen molar-refractivity contribution in [3.05, 3.63) is 47.1 Å². The van der Waals surface area contributed by atoms with Gasteiger partial charge in [0.1, 0.15) is 5.82 Å².